The van der Waals surface area contributed by atoms with Crippen LogP contribution in [-0.2, 0) is 5.88 Å². The Morgan fingerprint density at radius 2 is 2.06 bits per heavy atom. The Labute approximate surface area is 117 Å². The van der Waals surface area contributed by atoms with E-state index in [-0.39, 0.29) is 0 Å². The maximum Gasteiger partial charge on any atom is 0.238 e. The molecule has 0 N–H and O–H groups in total. The van der Waals surface area contributed by atoms with Gasteiger partial charge >= 0.3 is 0 Å². The highest BCUT2D eigenvalue weighted by Crippen LogP contribution is 2.30. The molecule has 0 atom stereocenters. The first-order valence-electron chi connectivity index (χ1n) is 5.56. The van der Waals surface area contributed by atoms with Crippen molar-refractivity contribution in [3.05, 3.63) is 52.2 Å². The predicted molar refractivity (Wildman–Crippen MR) is 74.8 cm³/mol. The lowest BCUT2D eigenvalue weighted by atomic mass is 10.1. The summed E-state index contributed by atoms with van der Waals surface area (Å²) in [4.78, 5) is 4.18. The summed E-state index contributed by atoms with van der Waals surface area (Å²) in [6.07, 6.45) is 1.67. The number of halogens is 2. The van der Waals surface area contributed by atoms with Crippen molar-refractivity contribution >= 4 is 23.2 Å². The molecule has 0 aliphatic heterocycles. The second-order valence-corrected chi connectivity index (χ2v) is 4.74. The number of aryl methyl sites for hydroxylation is 1. The summed E-state index contributed by atoms with van der Waals surface area (Å²) in [7, 11) is 0. The first-order valence-corrected chi connectivity index (χ1v) is 6.47. The van der Waals surface area contributed by atoms with Crippen LogP contribution in [0.25, 0.3) is 0 Å². The summed E-state index contributed by atoms with van der Waals surface area (Å²) >= 11 is 11.8. The normalized spacial score (nSPS) is 10.4. The Morgan fingerprint density at radius 3 is 2.72 bits per heavy atom. The smallest absolute Gasteiger partial charge is 0.238 e. The van der Waals surface area contributed by atoms with Gasteiger partial charge in [0, 0.05) is 12.1 Å². The van der Waals surface area contributed by atoms with Crippen LogP contribution in [0, 0.1) is 13.8 Å². The van der Waals surface area contributed by atoms with E-state index in [0.29, 0.717) is 16.8 Å². The van der Waals surface area contributed by atoms with E-state index in [0.717, 1.165) is 16.9 Å². The van der Waals surface area contributed by atoms with Gasteiger partial charge in [-0.2, -0.15) is 0 Å². The van der Waals surface area contributed by atoms with Crippen LogP contribution >= 0.6 is 23.2 Å². The van der Waals surface area contributed by atoms with Crippen LogP contribution < -0.4 is 4.74 Å². The summed E-state index contributed by atoms with van der Waals surface area (Å²) in [6.45, 7) is 4.04. The number of benzene rings is 1. The lowest BCUT2D eigenvalue weighted by molar-refractivity contribution is 0.459. The van der Waals surface area contributed by atoms with Gasteiger partial charge < -0.3 is 4.74 Å². The highest BCUT2D eigenvalue weighted by Gasteiger charge is 2.08. The number of pyridine rings is 1. The van der Waals surface area contributed by atoms with Crippen molar-refractivity contribution in [2.75, 3.05) is 0 Å². The van der Waals surface area contributed by atoms with Crippen molar-refractivity contribution < 1.29 is 4.74 Å². The molecule has 0 spiro atoms. The van der Waals surface area contributed by atoms with Gasteiger partial charge in [0.1, 0.15) is 10.8 Å². The molecule has 2 aromatic rings. The minimum atomic E-state index is 0.385. The molecular weight excluding hydrogens is 269 g/mol. The highest BCUT2D eigenvalue weighted by molar-refractivity contribution is 6.32. The van der Waals surface area contributed by atoms with Crippen LogP contribution in [-0.4, -0.2) is 4.98 Å². The molecule has 0 aliphatic carbocycles. The zero-order valence-corrected chi connectivity index (χ0v) is 11.7. The standard InChI is InChI=1S/C14H13Cl2NO/c1-9-4-3-5-13(10(9)2)18-14-12(16)6-11(7-15)8-17-14/h3-6,8H,7H2,1-2H3. The molecule has 0 amide bonds. The Balaban J connectivity index is 2.31. The molecule has 4 heteroatoms. The third kappa shape index (κ3) is 2.77. The number of nitrogens with zero attached hydrogens (tertiary/aromatic N) is 1. The van der Waals surface area contributed by atoms with Gasteiger partial charge in [0.15, 0.2) is 0 Å². The highest BCUT2D eigenvalue weighted by atomic mass is 35.5. The van der Waals surface area contributed by atoms with Gasteiger partial charge in [-0.25, -0.2) is 4.98 Å². The summed E-state index contributed by atoms with van der Waals surface area (Å²) in [6, 6.07) is 7.64. The molecule has 2 nitrogen and oxygen atoms in total. The molecule has 0 saturated carbocycles. The fraction of sp³-hybridized carbons (Fsp3) is 0.214. The molecule has 18 heavy (non-hydrogen) atoms. The van der Waals surface area contributed by atoms with E-state index in [2.05, 4.69) is 4.98 Å². The molecule has 1 aromatic carbocycles. The third-order valence-electron chi connectivity index (χ3n) is 2.78. The first kappa shape index (κ1) is 13.2. The molecule has 1 heterocycles. The zero-order chi connectivity index (χ0) is 13.1. The summed E-state index contributed by atoms with van der Waals surface area (Å²) in [5.74, 6) is 1.55. The fourth-order valence-electron chi connectivity index (χ4n) is 1.55. The average molecular weight is 282 g/mol. The van der Waals surface area contributed by atoms with Gasteiger partial charge in [-0.3, -0.25) is 0 Å². The Morgan fingerprint density at radius 1 is 1.28 bits per heavy atom. The second kappa shape index (κ2) is 5.59. The fourth-order valence-corrected chi connectivity index (χ4v) is 1.93. The second-order valence-electron chi connectivity index (χ2n) is 4.06. The number of aromatic nitrogens is 1. The third-order valence-corrected chi connectivity index (χ3v) is 3.36. The Hall–Kier alpha value is -1.25. The Bertz CT molecular complexity index is 570. The number of alkyl halides is 1. The number of hydrogen-bond donors (Lipinski definition) is 0. The van der Waals surface area contributed by atoms with Crippen molar-refractivity contribution in [2.24, 2.45) is 0 Å². The molecule has 94 valence electrons. The van der Waals surface area contributed by atoms with E-state index >= 15 is 0 Å². The van der Waals surface area contributed by atoms with Crippen LogP contribution in [0.3, 0.4) is 0 Å². The molecule has 0 saturated heterocycles. The van der Waals surface area contributed by atoms with Crippen molar-refractivity contribution in [3.8, 4) is 11.6 Å². The summed E-state index contributed by atoms with van der Waals surface area (Å²) in [5.41, 5.74) is 3.12. The minimum Gasteiger partial charge on any atom is -0.437 e. The van der Waals surface area contributed by atoms with Crippen LogP contribution in [0.5, 0.6) is 11.6 Å². The van der Waals surface area contributed by atoms with Crippen LogP contribution in [0.4, 0.5) is 0 Å². The number of hydrogen-bond acceptors (Lipinski definition) is 2. The van der Waals surface area contributed by atoms with Crippen molar-refractivity contribution in [2.45, 2.75) is 19.7 Å². The van der Waals surface area contributed by atoms with Crippen LogP contribution in [0.2, 0.25) is 5.02 Å². The van der Waals surface area contributed by atoms with E-state index in [4.69, 9.17) is 27.9 Å². The maximum atomic E-state index is 6.10. The maximum absolute atomic E-state index is 6.10. The Kier molecular flexibility index (Phi) is 4.10. The van der Waals surface area contributed by atoms with Crippen LogP contribution in [0.15, 0.2) is 30.5 Å². The van der Waals surface area contributed by atoms with Crippen molar-refractivity contribution in [3.63, 3.8) is 0 Å². The van der Waals surface area contributed by atoms with E-state index in [9.17, 15) is 0 Å². The predicted octanol–water partition coefficient (Wildman–Crippen LogP) is 4.88. The molecule has 0 bridgehead atoms. The van der Waals surface area contributed by atoms with E-state index in [1.54, 1.807) is 12.3 Å². The van der Waals surface area contributed by atoms with Gasteiger partial charge in [0.2, 0.25) is 5.88 Å². The van der Waals surface area contributed by atoms with Crippen LogP contribution in [0.1, 0.15) is 16.7 Å². The quantitative estimate of drug-likeness (QED) is 0.748. The van der Waals surface area contributed by atoms with Gasteiger partial charge in [-0.15, -0.1) is 11.6 Å². The molecular formula is C14H13Cl2NO. The van der Waals surface area contributed by atoms with E-state index in [1.165, 1.54) is 5.56 Å². The van der Waals surface area contributed by atoms with Crippen molar-refractivity contribution in [1.82, 2.24) is 4.98 Å². The largest absolute Gasteiger partial charge is 0.437 e. The molecule has 2 rings (SSSR count). The van der Waals surface area contributed by atoms with Gasteiger partial charge in [0.25, 0.3) is 0 Å². The molecule has 0 aliphatic rings. The number of ether oxygens (including phenoxy) is 1. The molecule has 0 fully saturated rings. The lowest BCUT2D eigenvalue weighted by Gasteiger charge is -2.11. The zero-order valence-electron chi connectivity index (χ0n) is 10.2. The van der Waals surface area contributed by atoms with Gasteiger partial charge in [-0.1, -0.05) is 23.7 Å². The summed E-state index contributed by atoms with van der Waals surface area (Å²) in [5, 5.41) is 0.467. The van der Waals surface area contributed by atoms with Gasteiger partial charge in [-0.05, 0) is 42.7 Å². The first-order chi connectivity index (χ1) is 8.61. The summed E-state index contributed by atoms with van der Waals surface area (Å²) < 4.78 is 5.73. The molecule has 1 aromatic heterocycles. The monoisotopic (exact) mass is 281 g/mol. The van der Waals surface area contributed by atoms with E-state index in [1.807, 2.05) is 32.0 Å². The SMILES string of the molecule is Cc1cccc(Oc2ncc(CCl)cc2Cl)c1C. The average Bonchev–Trinajstić information content (AvgIpc) is 2.37. The number of rotatable bonds is 3. The van der Waals surface area contributed by atoms with Crippen molar-refractivity contribution in [1.29, 1.82) is 0 Å². The molecule has 0 unspecified atom stereocenters. The van der Waals surface area contributed by atoms with E-state index < -0.39 is 0 Å². The minimum absolute atomic E-state index is 0.385. The molecule has 0 radical (unpaired) electrons. The lowest BCUT2D eigenvalue weighted by Crippen LogP contribution is -1.93. The van der Waals surface area contributed by atoms with Gasteiger partial charge in [0.05, 0.1) is 0 Å². The topological polar surface area (TPSA) is 22.1 Å².